The van der Waals surface area contributed by atoms with Gasteiger partial charge in [-0.15, -0.1) is 0 Å². The monoisotopic (exact) mass is 297 g/mol. The van der Waals surface area contributed by atoms with Crippen molar-refractivity contribution >= 4 is 0 Å². The molecular formula is C12H19F4N3O. The molecule has 1 heterocycles. The Hall–Kier alpha value is -1.15. The zero-order valence-electron chi connectivity index (χ0n) is 11.2. The molecule has 0 bridgehead atoms. The zero-order chi connectivity index (χ0) is 15.2. The number of nitrogens with two attached hydrogens (primary N) is 1. The van der Waals surface area contributed by atoms with Gasteiger partial charge < -0.3 is 15.0 Å². The molecule has 0 fully saturated rings. The van der Waals surface area contributed by atoms with Crippen molar-refractivity contribution < 1.29 is 22.3 Å². The van der Waals surface area contributed by atoms with E-state index in [0.717, 1.165) is 18.8 Å². The van der Waals surface area contributed by atoms with Gasteiger partial charge >= 0.3 is 12.3 Å². The molecule has 0 saturated heterocycles. The van der Waals surface area contributed by atoms with Crippen LogP contribution in [0, 0.1) is 0 Å². The maximum Gasteiger partial charge on any atom is 0.330 e. The van der Waals surface area contributed by atoms with Crippen LogP contribution in [0.1, 0.15) is 19.2 Å². The number of imidazole rings is 1. The molecule has 2 N–H and O–H groups in total. The van der Waals surface area contributed by atoms with Crippen molar-refractivity contribution in [2.24, 2.45) is 5.73 Å². The van der Waals surface area contributed by atoms with Gasteiger partial charge in [0.1, 0.15) is 12.4 Å². The summed E-state index contributed by atoms with van der Waals surface area (Å²) in [6, 6.07) is -0.568. The first-order valence-corrected chi connectivity index (χ1v) is 6.36. The minimum absolute atomic E-state index is 0.221. The molecule has 0 radical (unpaired) electrons. The van der Waals surface area contributed by atoms with E-state index in [-0.39, 0.29) is 6.61 Å². The highest BCUT2D eigenvalue weighted by Gasteiger charge is 2.41. The van der Waals surface area contributed by atoms with Crippen LogP contribution in [-0.2, 0) is 17.7 Å². The van der Waals surface area contributed by atoms with E-state index in [0.29, 0.717) is 6.42 Å². The summed E-state index contributed by atoms with van der Waals surface area (Å²) in [6.07, 6.45) is 0.964. The number of hydrogen-bond donors (Lipinski definition) is 1. The third-order valence-electron chi connectivity index (χ3n) is 2.66. The Morgan fingerprint density at radius 1 is 1.45 bits per heavy atom. The molecule has 0 spiro atoms. The lowest BCUT2D eigenvalue weighted by molar-refractivity contribution is -0.166. The van der Waals surface area contributed by atoms with Crippen LogP contribution in [0.5, 0.6) is 0 Å². The predicted octanol–water partition coefficient (Wildman–Crippen LogP) is 2.08. The Bertz CT molecular complexity index is 398. The lowest BCUT2D eigenvalue weighted by Gasteiger charge is -2.17. The van der Waals surface area contributed by atoms with Crippen molar-refractivity contribution in [1.82, 2.24) is 9.55 Å². The average Bonchev–Trinajstić information content (AvgIpc) is 2.76. The molecule has 1 atom stereocenters. The van der Waals surface area contributed by atoms with Crippen LogP contribution in [0.4, 0.5) is 17.6 Å². The fraction of sp³-hybridized carbons (Fsp3) is 0.750. The molecule has 20 heavy (non-hydrogen) atoms. The lowest BCUT2D eigenvalue weighted by atomic mass is 10.2. The summed E-state index contributed by atoms with van der Waals surface area (Å²) in [5.41, 5.74) is 5.72. The van der Waals surface area contributed by atoms with Crippen LogP contribution in [0.25, 0.3) is 0 Å². The Labute approximate surface area is 114 Å². The molecule has 0 aliphatic rings. The average molecular weight is 297 g/mol. The summed E-state index contributed by atoms with van der Waals surface area (Å²) in [4.78, 5) is 4.12. The molecule has 8 heteroatoms. The van der Waals surface area contributed by atoms with Crippen molar-refractivity contribution in [3.63, 3.8) is 0 Å². The summed E-state index contributed by atoms with van der Waals surface area (Å²) >= 11 is 0. The van der Waals surface area contributed by atoms with Gasteiger partial charge in [-0.2, -0.15) is 8.78 Å². The number of hydrogen-bond acceptors (Lipinski definition) is 3. The zero-order valence-corrected chi connectivity index (χ0v) is 11.2. The van der Waals surface area contributed by atoms with Gasteiger partial charge in [0.15, 0.2) is 0 Å². The van der Waals surface area contributed by atoms with Crippen LogP contribution < -0.4 is 5.73 Å². The summed E-state index contributed by atoms with van der Waals surface area (Å²) < 4.78 is 55.5. The second-order valence-corrected chi connectivity index (χ2v) is 4.58. The number of aromatic nitrogens is 2. The van der Waals surface area contributed by atoms with Gasteiger partial charge in [-0.25, -0.2) is 13.8 Å². The topological polar surface area (TPSA) is 53.1 Å². The molecule has 1 unspecified atom stereocenters. The van der Waals surface area contributed by atoms with Gasteiger partial charge in [0.2, 0.25) is 0 Å². The largest absolute Gasteiger partial charge is 0.373 e. The molecule has 1 aromatic rings. The van der Waals surface area contributed by atoms with Crippen LogP contribution in [-0.4, -0.2) is 41.2 Å². The fourth-order valence-corrected chi connectivity index (χ4v) is 1.68. The second kappa shape index (κ2) is 7.58. The van der Waals surface area contributed by atoms with Crippen LogP contribution in [0.15, 0.2) is 12.4 Å². The minimum atomic E-state index is -4.14. The number of aryl methyl sites for hydroxylation is 1. The predicted molar refractivity (Wildman–Crippen MR) is 66.0 cm³/mol. The normalized spacial score (nSPS) is 13.9. The van der Waals surface area contributed by atoms with E-state index < -0.39 is 25.0 Å². The smallest absolute Gasteiger partial charge is 0.330 e. The van der Waals surface area contributed by atoms with Gasteiger partial charge in [0.25, 0.3) is 0 Å². The van der Waals surface area contributed by atoms with Crippen molar-refractivity contribution in [3.8, 4) is 0 Å². The Kier molecular flexibility index (Phi) is 6.41. The van der Waals surface area contributed by atoms with Crippen LogP contribution >= 0.6 is 0 Å². The number of halogens is 4. The molecule has 4 nitrogen and oxygen atoms in total. The van der Waals surface area contributed by atoms with E-state index in [4.69, 9.17) is 5.73 Å². The van der Waals surface area contributed by atoms with E-state index in [1.54, 1.807) is 12.4 Å². The summed E-state index contributed by atoms with van der Waals surface area (Å²) in [5.74, 6) is -3.41. The quantitative estimate of drug-likeness (QED) is 0.710. The highest BCUT2D eigenvalue weighted by atomic mass is 19.3. The third-order valence-corrected chi connectivity index (χ3v) is 2.66. The molecule has 0 aliphatic heterocycles. The Balaban J connectivity index is 2.37. The summed E-state index contributed by atoms with van der Waals surface area (Å²) in [7, 11) is 0. The van der Waals surface area contributed by atoms with Crippen LogP contribution in [0.3, 0.4) is 0 Å². The van der Waals surface area contributed by atoms with E-state index in [1.165, 1.54) is 0 Å². The number of alkyl halides is 4. The highest BCUT2D eigenvalue weighted by molar-refractivity contribution is 4.95. The second-order valence-electron chi connectivity index (χ2n) is 4.58. The van der Waals surface area contributed by atoms with Crippen molar-refractivity contribution in [2.45, 2.75) is 44.7 Å². The Morgan fingerprint density at radius 3 is 2.75 bits per heavy atom. The standard InChI is InChI=1S/C12H19F4N3O/c1-2-4-19-5-3-18-10(19)6-9(17)7-20-8-12(15,16)11(13)14/h3,5,9,11H,2,4,6-8,17H2,1H3. The first-order valence-electron chi connectivity index (χ1n) is 6.36. The number of nitrogens with zero attached hydrogens (tertiary/aromatic N) is 2. The highest BCUT2D eigenvalue weighted by Crippen LogP contribution is 2.22. The lowest BCUT2D eigenvalue weighted by Crippen LogP contribution is -2.36. The van der Waals surface area contributed by atoms with Gasteiger partial charge in [-0.05, 0) is 6.42 Å². The third kappa shape index (κ3) is 5.09. The SMILES string of the molecule is CCCn1ccnc1CC(N)COCC(F)(F)C(F)F. The van der Waals surface area contributed by atoms with E-state index in [1.807, 2.05) is 11.5 Å². The molecule has 116 valence electrons. The van der Waals surface area contributed by atoms with Gasteiger partial charge in [-0.1, -0.05) is 6.92 Å². The molecule has 1 aromatic heterocycles. The van der Waals surface area contributed by atoms with Crippen molar-refractivity contribution in [2.75, 3.05) is 13.2 Å². The fourth-order valence-electron chi connectivity index (χ4n) is 1.68. The van der Waals surface area contributed by atoms with E-state index in [9.17, 15) is 17.6 Å². The van der Waals surface area contributed by atoms with E-state index >= 15 is 0 Å². The molecule has 0 aliphatic carbocycles. The molecule has 0 amide bonds. The summed E-state index contributed by atoms with van der Waals surface area (Å²) in [5, 5.41) is 0. The first-order chi connectivity index (χ1) is 9.36. The minimum Gasteiger partial charge on any atom is -0.373 e. The van der Waals surface area contributed by atoms with Gasteiger partial charge in [0.05, 0.1) is 6.61 Å². The Morgan fingerprint density at radius 2 is 2.15 bits per heavy atom. The maximum atomic E-state index is 12.6. The molecule has 0 aromatic carbocycles. The van der Waals surface area contributed by atoms with Gasteiger partial charge in [0, 0.05) is 31.4 Å². The maximum absolute atomic E-state index is 12.6. The number of ether oxygens (including phenoxy) is 1. The first kappa shape index (κ1) is 16.9. The molecule has 0 saturated carbocycles. The molecule has 1 rings (SSSR count). The van der Waals surface area contributed by atoms with E-state index in [2.05, 4.69) is 9.72 Å². The van der Waals surface area contributed by atoms with Crippen LogP contribution in [0.2, 0.25) is 0 Å². The van der Waals surface area contributed by atoms with Crippen molar-refractivity contribution in [1.29, 1.82) is 0 Å². The molecular weight excluding hydrogens is 278 g/mol. The van der Waals surface area contributed by atoms with Crippen molar-refractivity contribution in [3.05, 3.63) is 18.2 Å². The number of rotatable bonds is 9. The van der Waals surface area contributed by atoms with Gasteiger partial charge in [-0.3, -0.25) is 0 Å². The summed E-state index contributed by atoms with van der Waals surface area (Å²) in [6.45, 7) is 1.24.